The van der Waals surface area contributed by atoms with Crippen LogP contribution in [0.25, 0.3) is 0 Å². The van der Waals surface area contributed by atoms with Crippen LogP contribution in [-0.2, 0) is 6.54 Å². The van der Waals surface area contributed by atoms with Crippen molar-refractivity contribution in [3.05, 3.63) is 20.7 Å². The standard InChI is InChI=1S/C12H21N3OS/c1-9(6-10-4-2-3-5-13-10)14-7-11-8-17-12(16)15-11/h8-10,13-14H,2-7H2,1H3,(H,15,16). The van der Waals surface area contributed by atoms with Crippen LogP contribution in [0.15, 0.2) is 10.2 Å². The maximum atomic E-state index is 11.0. The smallest absolute Gasteiger partial charge is 0.304 e. The fraction of sp³-hybridized carbons (Fsp3) is 0.750. The zero-order chi connectivity index (χ0) is 12.1. The summed E-state index contributed by atoms with van der Waals surface area (Å²) in [5.74, 6) is 0. The minimum atomic E-state index is 0.0309. The summed E-state index contributed by atoms with van der Waals surface area (Å²) >= 11 is 1.23. The summed E-state index contributed by atoms with van der Waals surface area (Å²) in [5.41, 5.74) is 0.989. The van der Waals surface area contributed by atoms with Gasteiger partial charge in [0.15, 0.2) is 0 Å². The van der Waals surface area contributed by atoms with Crippen molar-refractivity contribution in [2.24, 2.45) is 0 Å². The van der Waals surface area contributed by atoms with Crippen LogP contribution in [0.5, 0.6) is 0 Å². The monoisotopic (exact) mass is 255 g/mol. The van der Waals surface area contributed by atoms with E-state index in [0.717, 1.165) is 25.2 Å². The van der Waals surface area contributed by atoms with Gasteiger partial charge in [0.05, 0.1) is 0 Å². The van der Waals surface area contributed by atoms with Crippen LogP contribution in [0.4, 0.5) is 0 Å². The van der Waals surface area contributed by atoms with Gasteiger partial charge in [0.2, 0.25) is 0 Å². The van der Waals surface area contributed by atoms with E-state index in [-0.39, 0.29) is 4.87 Å². The first-order valence-corrected chi connectivity index (χ1v) is 7.25. The van der Waals surface area contributed by atoms with Crippen molar-refractivity contribution in [2.45, 2.75) is 51.2 Å². The molecule has 2 atom stereocenters. The molecule has 0 radical (unpaired) electrons. The molecule has 0 aliphatic carbocycles. The van der Waals surface area contributed by atoms with Gasteiger partial charge >= 0.3 is 4.87 Å². The SMILES string of the molecule is CC(CC1CCCCN1)NCc1csc(=O)[nH]1. The Hall–Kier alpha value is -0.650. The minimum Gasteiger partial charge on any atom is -0.315 e. The molecule has 2 unspecified atom stereocenters. The normalized spacial score (nSPS) is 22.5. The molecular weight excluding hydrogens is 234 g/mol. The summed E-state index contributed by atoms with van der Waals surface area (Å²) in [7, 11) is 0. The van der Waals surface area contributed by atoms with E-state index in [1.165, 1.54) is 30.6 Å². The van der Waals surface area contributed by atoms with Crippen LogP contribution in [0.2, 0.25) is 0 Å². The number of nitrogens with one attached hydrogen (secondary N) is 3. The second-order valence-corrected chi connectivity index (χ2v) is 5.68. The molecule has 17 heavy (non-hydrogen) atoms. The van der Waals surface area contributed by atoms with Crippen LogP contribution in [0, 0.1) is 0 Å². The highest BCUT2D eigenvalue weighted by Crippen LogP contribution is 2.12. The molecule has 1 aromatic rings. The van der Waals surface area contributed by atoms with Crippen LogP contribution in [0.3, 0.4) is 0 Å². The van der Waals surface area contributed by atoms with Gasteiger partial charge in [0.25, 0.3) is 0 Å². The molecule has 0 aromatic carbocycles. The molecule has 2 rings (SSSR count). The van der Waals surface area contributed by atoms with Gasteiger partial charge in [-0.2, -0.15) is 0 Å². The first-order valence-electron chi connectivity index (χ1n) is 6.37. The molecule has 96 valence electrons. The zero-order valence-electron chi connectivity index (χ0n) is 10.3. The van der Waals surface area contributed by atoms with E-state index in [0.29, 0.717) is 12.1 Å². The lowest BCUT2D eigenvalue weighted by Crippen LogP contribution is -2.39. The van der Waals surface area contributed by atoms with Crippen LogP contribution in [0.1, 0.15) is 38.3 Å². The molecule has 1 fully saturated rings. The fourth-order valence-electron chi connectivity index (χ4n) is 2.32. The van der Waals surface area contributed by atoms with Crippen molar-refractivity contribution < 1.29 is 0 Å². The van der Waals surface area contributed by atoms with Gasteiger partial charge in [-0.15, -0.1) is 0 Å². The number of hydrogen-bond acceptors (Lipinski definition) is 4. The molecule has 2 heterocycles. The highest BCUT2D eigenvalue weighted by atomic mass is 32.1. The van der Waals surface area contributed by atoms with Crippen molar-refractivity contribution in [1.82, 2.24) is 15.6 Å². The molecule has 1 aromatic heterocycles. The van der Waals surface area contributed by atoms with Gasteiger partial charge < -0.3 is 15.6 Å². The third kappa shape index (κ3) is 4.26. The third-order valence-corrected chi connectivity index (χ3v) is 3.98. The van der Waals surface area contributed by atoms with Gasteiger partial charge in [-0.25, -0.2) is 0 Å². The molecule has 0 saturated carbocycles. The van der Waals surface area contributed by atoms with E-state index < -0.39 is 0 Å². The summed E-state index contributed by atoms with van der Waals surface area (Å²) in [4.78, 5) is 13.8. The van der Waals surface area contributed by atoms with Crippen molar-refractivity contribution >= 4 is 11.3 Å². The third-order valence-electron chi connectivity index (χ3n) is 3.26. The maximum absolute atomic E-state index is 11.0. The summed E-state index contributed by atoms with van der Waals surface area (Å²) in [6.07, 6.45) is 5.12. The van der Waals surface area contributed by atoms with Gasteiger partial charge in [-0.1, -0.05) is 17.8 Å². The van der Waals surface area contributed by atoms with Crippen LogP contribution < -0.4 is 15.5 Å². The maximum Gasteiger partial charge on any atom is 0.304 e. The van der Waals surface area contributed by atoms with E-state index >= 15 is 0 Å². The van der Waals surface area contributed by atoms with Crippen LogP contribution in [-0.4, -0.2) is 23.6 Å². The molecule has 0 amide bonds. The molecule has 0 spiro atoms. The van der Waals surface area contributed by atoms with Crippen molar-refractivity contribution in [1.29, 1.82) is 0 Å². The molecular formula is C12H21N3OS. The Morgan fingerprint density at radius 3 is 3.12 bits per heavy atom. The average molecular weight is 255 g/mol. The second kappa shape index (κ2) is 6.33. The molecule has 3 N–H and O–H groups in total. The van der Waals surface area contributed by atoms with E-state index in [1.807, 2.05) is 5.38 Å². The summed E-state index contributed by atoms with van der Waals surface area (Å²) in [6.45, 7) is 4.13. The van der Waals surface area contributed by atoms with E-state index in [9.17, 15) is 4.79 Å². The lowest BCUT2D eigenvalue weighted by molar-refractivity contribution is 0.344. The predicted molar refractivity (Wildman–Crippen MR) is 71.5 cm³/mol. The minimum absolute atomic E-state index is 0.0309. The Bertz CT molecular complexity index is 381. The second-order valence-electron chi connectivity index (χ2n) is 4.84. The Kier molecular flexibility index (Phi) is 4.76. The first-order chi connectivity index (χ1) is 8.24. The van der Waals surface area contributed by atoms with Gasteiger partial charge in [-0.3, -0.25) is 4.79 Å². The zero-order valence-corrected chi connectivity index (χ0v) is 11.1. The largest absolute Gasteiger partial charge is 0.315 e. The predicted octanol–water partition coefficient (Wildman–Crippen LogP) is 1.45. The lowest BCUT2D eigenvalue weighted by Gasteiger charge is -2.26. The van der Waals surface area contributed by atoms with Crippen molar-refractivity contribution in [3.63, 3.8) is 0 Å². The fourth-order valence-corrected chi connectivity index (χ4v) is 2.90. The quantitative estimate of drug-likeness (QED) is 0.746. The molecule has 0 bridgehead atoms. The Balaban J connectivity index is 1.69. The molecule has 4 nitrogen and oxygen atoms in total. The topological polar surface area (TPSA) is 56.9 Å². The number of aromatic amines is 1. The van der Waals surface area contributed by atoms with Crippen molar-refractivity contribution in [3.8, 4) is 0 Å². The Morgan fingerprint density at radius 1 is 1.59 bits per heavy atom. The number of hydrogen-bond donors (Lipinski definition) is 3. The Morgan fingerprint density at radius 2 is 2.47 bits per heavy atom. The first kappa shape index (κ1) is 12.8. The molecule has 1 aliphatic rings. The van der Waals surface area contributed by atoms with E-state index in [1.54, 1.807) is 0 Å². The highest BCUT2D eigenvalue weighted by molar-refractivity contribution is 7.07. The van der Waals surface area contributed by atoms with Crippen LogP contribution >= 0.6 is 11.3 Å². The van der Waals surface area contributed by atoms with Gasteiger partial charge in [0.1, 0.15) is 0 Å². The number of H-pyrrole nitrogens is 1. The molecule has 1 saturated heterocycles. The number of thiazole rings is 1. The molecule has 1 aliphatic heterocycles. The number of rotatable bonds is 5. The summed E-state index contributed by atoms with van der Waals surface area (Å²) < 4.78 is 0. The summed E-state index contributed by atoms with van der Waals surface area (Å²) in [6, 6.07) is 1.14. The summed E-state index contributed by atoms with van der Waals surface area (Å²) in [5, 5.41) is 8.90. The number of aromatic nitrogens is 1. The van der Waals surface area contributed by atoms with E-state index in [4.69, 9.17) is 0 Å². The average Bonchev–Trinajstić information content (AvgIpc) is 2.74. The van der Waals surface area contributed by atoms with E-state index in [2.05, 4.69) is 22.5 Å². The molecule has 5 heteroatoms. The lowest BCUT2D eigenvalue weighted by atomic mass is 9.99. The number of piperidine rings is 1. The highest BCUT2D eigenvalue weighted by Gasteiger charge is 2.15. The van der Waals surface area contributed by atoms with Gasteiger partial charge in [0, 0.05) is 29.7 Å². The Labute approximate surface area is 106 Å². The van der Waals surface area contributed by atoms with Crippen molar-refractivity contribution in [2.75, 3.05) is 6.54 Å². The van der Waals surface area contributed by atoms with Gasteiger partial charge in [-0.05, 0) is 32.7 Å².